The molecule has 6 heteroatoms. The maximum absolute atomic E-state index is 10.4. The Labute approximate surface area is 50.6 Å². The smallest absolute Gasteiger partial charge is 0.332 e. The van der Waals surface area contributed by atoms with E-state index in [0.717, 1.165) is 0 Å². The normalized spacial score (nSPS) is 17.8. The van der Waals surface area contributed by atoms with Gasteiger partial charge in [0.15, 0.2) is 5.03 Å². The van der Waals surface area contributed by atoms with E-state index in [9.17, 15) is 14.9 Å². The quantitative estimate of drug-likeness (QED) is 0.374. The molecule has 1 aliphatic heterocycles. The van der Waals surface area contributed by atoms with Crippen molar-refractivity contribution in [3.05, 3.63) is 10.1 Å². The van der Waals surface area contributed by atoms with Crippen molar-refractivity contribution >= 4 is 6.03 Å². The molecule has 0 saturated carbocycles. The zero-order chi connectivity index (χ0) is 6.85. The largest absolute Gasteiger partial charge is 0.375 e. The van der Waals surface area contributed by atoms with Crippen molar-refractivity contribution < 1.29 is 9.83 Å². The number of hydrogen-bond acceptors (Lipinski definition) is 3. The summed E-state index contributed by atoms with van der Waals surface area (Å²) in [5.74, 6) is 0. The topological polar surface area (TPSA) is 75.5 Å². The van der Waals surface area contributed by atoms with Crippen molar-refractivity contribution in [3.8, 4) is 0 Å². The van der Waals surface area contributed by atoms with Crippen LogP contribution in [0.4, 0.5) is 4.79 Å². The van der Waals surface area contributed by atoms with E-state index in [1.807, 2.05) is 0 Å². The number of urea groups is 1. The van der Waals surface area contributed by atoms with E-state index in [4.69, 9.17) is 0 Å². The van der Waals surface area contributed by atoms with E-state index < -0.39 is 11.1 Å². The highest BCUT2D eigenvalue weighted by atomic mass is 16.7. The SMILES string of the molecule is O=C1NCCN1[N+](=O)[O-]. The molecule has 0 bridgehead atoms. The number of nitro groups is 1. The molecule has 0 spiro atoms. The number of carbonyl (C=O) groups is 1. The minimum Gasteiger partial charge on any atom is -0.332 e. The molecule has 1 heterocycles. The van der Waals surface area contributed by atoms with Crippen molar-refractivity contribution in [1.29, 1.82) is 0 Å². The number of rotatable bonds is 1. The van der Waals surface area contributed by atoms with Gasteiger partial charge in [0.05, 0.1) is 0 Å². The molecule has 0 aromatic heterocycles. The van der Waals surface area contributed by atoms with Crippen LogP contribution in [0.5, 0.6) is 0 Å². The molecular weight excluding hydrogens is 126 g/mol. The van der Waals surface area contributed by atoms with Crippen molar-refractivity contribution in [1.82, 2.24) is 10.3 Å². The number of hydrogen-bond donors (Lipinski definition) is 1. The van der Waals surface area contributed by atoms with Crippen LogP contribution in [0.25, 0.3) is 0 Å². The van der Waals surface area contributed by atoms with Crippen LogP contribution in [-0.2, 0) is 0 Å². The first-order valence-corrected chi connectivity index (χ1v) is 2.41. The summed E-state index contributed by atoms with van der Waals surface area (Å²) in [7, 11) is 0. The predicted molar refractivity (Wildman–Crippen MR) is 27.1 cm³/mol. The second kappa shape index (κ2) is 1.88. The molecule has 6 nitrogen and oxygen atoms in total. The van der Waals surface area contributed by atoms with Gasteiger partial charge in [-0.3, -0.25) is 0 Å². The first-order chi connectivity index (χ1) is 4.22. The van der Waals surface area contributed by atoms with Crippen LogP contribution >= 0.6 is 0 Å². The van der Waals surface area contributed by atoms with Gasteiger partial charge in [0.1, 0.15) is 6.54 Å². The second-order valence-corrected chi connectivity index (χ2v) is 1.59. The zero-order valence-corrected chi connectivity index (χ0v) is 4.53. The molecule has 0 aromatic carbocycles. The molecule has 0 aliphatic carbocycles. The minimum absolute atomic E-state index is 0.159. The Kier molecular flexibility index (Phi) is 1.21. The van der Waals surface area contributed by atoms with Gasteiger partial charge < -0.3 is 5.32 Å². The zero-order valence-electron chi connectivity index (χ0n) is 4.53. The maximum Gasteiger partial charge on any atom is 0.375 e. The van der Waals surface area contributed by atoms with E-state index >= 15 is 0 Å². The van der Waals surface area contributed by atoms with Gasteiger partial charge in [-0.25, -0.2) is 14.9 Å². The lowest BCUT2D eigenvalue weighted by Crippen LogP contribution is -2.33. The molecule has 1 fully saturated rings. The summed E-state index contributed by atoms with van der Waals surface area (Å²) in [5, 5.41) is 12.0. The molecule has 1 N–H and O–H groups in total. The lowest BCUT2D eigenvalue weighted by Gasteiger charge is -1.98. The highest BCUT2D eigenvalue weighted by Crippen LogP contribution is 1.94. The number of amides is 2. The summed E-state index contributed by atoms with van der Waals surface area (Å²) < 4.78 is 0. The molecule has 0 aromatic rings. The van der Waals surface area contributed by atoms with E-state index in [0.29, 0.717) is 11.6 Å². The molecule has 2 amide bonds. The van der Waals surface area contributed by atoms with Crippen LogP contribution < -0.4 is 5.32 Å². The highest BCUT2D eigenvalue weighted by Gasteiger charge is 2.28. The fraction of sp³-hybridized carbons (Fsp3) is 0.667. The molecule has 1 rings (SSSR count). The third kappa shape index (κ3) is 0.906. The first kappa shape index (κ1) is 5.80. The predicted octanol–water partition coefficient (Wildman–Crippen LogP) is -0.797. The third-order valence-electron chi connectivity index (χ3n) is 1.03. The lowest BCUT2D eigenvalue weighted by atomic mass is 10.7. The van der Waals surface area contributed by atoms with Gasteiger partial charge in [0.25, 0.3) is 0 Å². The van der Waals surface area contributed by atoms with E-state index in [2.05, 4.69) is 5.32 Å². The Morgan fingerprint density at radius 2 is 2.44 bits per heavy atom. The van der Waals surface area contributed by atoms with Crippen molar-refractivity contribution in [2.45, 2.75) is 0 Å². The second-order valence-electron chi connectivity index (χ2n) is 1.59. The molecular formula is C3H5N3O3. The van der Waals surface area contributed by atoms with Crippen LogP contribution in [0.3, 0.4) is 0 Å². The summed E-state index contributed by atoms with van der Waals surface area (Å²) in [4.78, 5) is 20.3. The Morgan fingerprint density at radius 1 is 1.78 bits per heavy atom. The fourth-order valence-corrected chi connectivity index (χ4v) is 0.617. The van der Waals surface area contributed by atoms with Gasteiger partial charge in [-0.2, -0.15) is 0 Å². The van der Waals surface area contributed by atoms with Gasteiger partial charge in [0, 0.05) is 6.54 Å². The molecule has 1 aliphatic rings. The van der Waals surface area contributed by atoms with Gasteiger partial charge in [-0.05, 0) is 5.01 Å². The van der Waals surface area contributed by atoms with Gasteiger partial charge >= 0.3 is 6.03 Å². The number of nitrogens with zero attached hydrogens (tertiary/aromatic N) is 2. The van der Waals surface area contributed by atoms with E-state index in [-0.39, 0.29) is 6.54 Å². The Balaban J connectivity index is 2.60. The molecule has 0 atom stereocenters. The summed E-state index contributed by atoms with van der Waals surface area (Å²) >= 11 is 0. The summed E-state index contributed by atoms with van der Waals surface area (Å²) in [6.07, 6.45) is 0. The Morgan fingerprint density at radius 3 is 2.67 bits per heavy atom. The summed E-state index contributed by atoms with van der Waals surface area (Å²) in [5.41, 5.74) is 0. The molecule has 50 valence electrons. The maximum atomic E-state index is 10.4. The number of carbonyl (C=O) groups excluding carboxylic acids is 1. The highest BCUT2D eigenvalue weighted by molar-refractivity contribution is 5.74. The Bertz CT molecular complexity index is 156. The van der Waals surface area contributed by atoms with E-state index in [1.165, 1.54) is 0 Å². The van der Waals surface area contributed by atoms with Gasteiger partial charge in [0.2, 0.25) is 0 Å². The van der Waals surface area contributed by atoms with Crippen molar-refractivity contribution in [2.24, 2.45) is 0 Å². The van der Waals surface area contributed by atoms with Crippen LogP contribution in [0, 0.1) is 10.1 Å². The third-order valence-corrected chi connectivity index (χ3v) is 1.03. The Hall–Kier alpha value is -1.33. The van der Waals surface area contributed by atoms with Crippen LogP contribution in [0.2, 0.25) is 0 Å². The molecule has 0 radical (unpaired) electrons. The molecule has 0 unspecified atom stereocenters. The van der Waals surface area contributed by atoms with Crippen molar-refractivity contribution in [3.63, 3.8) is 0 Å². The van der Waals surface area contributed by atoms with Crippen LogP contribution in [0.15, 0.2) is 0 Å². The number of hydrazine groups is 1. The van der Waals surface area contributed by atoms with Crippen LogP contribution in [0.1, 0.15) is 0 Å². The van der Waals surface area contributed by atoms with E-state index in [1.54, 1.807) is 0 Å². The van der Waals surface area contributed by atoms with Crippen LogP contribution in [-0.4, -0.2) is 29.2 Å². The average Bonchev–Trinajstić information content (AvgIpc) is 2.13. The lowest BCUT2D eigenvalue weighted by molar-refractivity contribution is -0.628. The van der Waals surface area contributed by atoms with Gasteiger partial charge in [-0.15, -0.1) is 0 Å². The summed E-state index contributed by atoms with van der Waals surface area (Å²) in [6, 6.07) is -0.625. The first-order valence-electron chi connectivity index (χ1n) is 2.41. The summed E-state index contributed by atoms with van der Waals surface area (Å²) in [6.45, 7) is 0.519. The molecule has 1 saturated heterocycles. The van der Waals surface area contributed by atoms with Crippen molar-refractivity contribution in [2.75, 3.05) is 13.1 Å². The minimum atomic E-state index is -0.720. The van der Waals surface area contributed by atoms with Gasteiger partial charge in [-0.1, -0.05) is 0 Å². The monoisotopic (exact) mass is 131 g/mol. The molecule has 9 heavy (non-hydrogen) atoms. The number of nitrogens with one attached hydrogen (secondary N) is 1. The fourth-order valence-electron chi connectivity index (χ4n) is 0.617. The average molecular weight is 131 g/mol. The standard InChI is InChI=1S/C3H5N3O3/c7-3-4-1-2-5(3)6(8)9/h1-2H2,(H,4,7).